The van der Waals surface area contributed by atoms with E-state index in [1.54, 1.807) is 5.57 Å². The molecule has 1 nitrogen and oxygen atoms in total. The summed E-state index contributed by atoms with van der Waals surface area (Å²) in [7, 11) is 2.20. The van der Waals surface area contributed by atoms with Crippen molar-refractivity contribution in [2.24, 2.45) is 5.41 Å². The summed E-state index contributed by atoms with van der Waals surface area (Å²) in [4.78, 5) is 2.40. The average Bonchev–Trinajstić information content (AvgIpc) is 2.62. The Kier molecular flexibility index (Phi) is 3.64. The predicted octanol–water partition coefficient (Wildman–Crippen LogP) is 5.05. The van der Waals surface area contributed by atoms with Crippen molar-refractivity contribution in [1.29, 1.82) is 0 Å². The highest BCUT2D eigenvalue weighted by Crippen LogP contribution is 2.51. The van der Waals surface area contributed by atoms with Crippen LogP contribution in [0.2, 0.25) is 10.0 Å². The van der Waals surface area contributed by atoms with Crippen molar-refractivity contribution in [3.05, 3.63) is 38.9 Å². The fraction of sp³-hybridized carbons (Fsp3) is 0.529. The van der Waals surface area contributed by atoms with Gasteiger partial charge in [-0.3, -0.25) is 0 Å². The molecule has 1 aliphatic heterocycles. The van der Waals surface area contributed by atoms with Gasteiger partial charge in [0, 0.05) is 23.1 Å². The van der Waals surface area contributed by atoms with E-state index in [2.05, 4.69) is 31.9 Å². The summed E-state index contributed by atoms with van der Waals surface area (Å²) in [6.45, 7) is 6.97. The molecule has 1 saturated heterocycles. The van der Waals surface area contributed by atoms with Gasteiger partial charge in [-0.15, -0.1) is 0 Å². The summed E-state index contributed by atoms with van der Waals surface area (Å²) < 4.78 is 0. The predicted molar refractivity (Wildman–Crippen MR) is 87.6 cm³/mol. The first kappa shape index (κ1) is 14.4. The minimum atomic E-state index is 0.169. The van der Waals surface area contributed by atoms with Gasteiger partial charge < -0.3 is 4.90 Å². The molecular weight excluding hydrogens is 289 g/mol. The molecule has 1 fully saturated rings. The van der Waals surface area contributed by atoms with E-state index in [0.717, 1.165) is 29.6 Å². The van der Waals surface area contributed by atoms with Gasteiger partial charge in [0.25, 0.3) is 0 Å². The van der Waals surface area contributed by atoms with Gasteiger partial charge in [0.1, 0.15) is 0 Å². The monoisotopic (exact) mass is 309 g/mol. The highest BCUT2D eigenvalue weighted by Gasteiger charge is 2.37. The highest BCUT2D eigenvalue weighted by molar-refractivity contribution is 6.35. The van der Waals surface area contributed by atoms with Gasteiger partial charge in [-0.25, -0.2) is 0 Å². The molecule has 0 bridgehead atoms. The van der Waals surface area contributed by atoms with Gasteiger partial charge in [0.05, 0.1) is 0 Å². The molecule has 0 aromatic heterocycles. The van der Waals surface area contributed by atoms with Crippen molar-refractivity contribution in [3.63, 3.8) is 0 Å². The number of halogens is 2. The van der Waals surface area contributed by atoms with Crippen LogP contribution < -0.4 is 0 Å². The maximum absolute atomic E-state index is 6.41. The van der Waals surface area contributed by atoms with Crippen molar-refractivity contribution < 1.29 is 0 Å². The molecule has 0 radical (unpaired) electrons. The second-order valence-electron chi connectivity index (χ2n) is 6.76. The molecule has 2 aliphatic rings. The topological polar surface area (TPSA) is 3.24 Å². The first-order valence-corrected chi connectivity index (χ1v) is 8.03. The molecule has 1 aromatic carbocycles. The molecular formula is C17H21Cl2N. The van der Waals surface area contributed by atoms with Crippen molar-refractivity contribution in [1.82, 2.24) is 4.90 Å². The zero-order chi connectivity index (χ0) is 14.5. The van der Waals surface area contributed by atoms with Gasteiger partial charge in [-0.1, -0.05) is 42.6 Å². The van der Waals surface area contributed by atoms with Gasteiger partial charge in [0.15, 0.2) is 0 Å². The molecule has 108 valence electrons. The Morgan fingerprint density at radius 1 is 1.10 bits per heavy atom. The first-order valence-electron chi connectivity index (χ1n) is 7.28. The minimum absolute atomic E-state index is 0.169. The van der Waals surface area contributed by atoms with Gasteiger partial charge in [-0.2, -0.15) is 0 Å². The maximum atomic E-state index is 6.41. The van der Waals surface area contributed by atoms with Crippen LogP contribution in [0.4, 0.5) is 0 Å². The van der Waals surface area contributed by atoms with Gasteiger partial charge in [-0.05, 0) is 60.6 Å². The lowest BCUT2D eigenvalue weighted by molar-refractivity contribution is 0.311. The van der Waals surface area contributed by atoms with Crippen molar-refractivity contribution >= 4 is 28.8 Å². The summed E-state index contributed by atoms with van der Waals surface area (Å²) in [5, 5.41) is 1.57. The van der Waals surface area contributed by atoms with Crippen molar-refractivity contribution in [2.75, 3.05) is 20.1 Å². The number of hydrogen-bond donors (Lipinski definition) is 0. The Morgan fingerprint density at radius 2 is 1.75 bits per heavy atom. The van der Waals surface area contributed by atoms with E-state index < -0.39 is 0 Å². The summed E-state index contributed by atoms with van der Waals surface area (Å²) in [5.74, 6) is 0. The van der Waals surface area contributed by atoms with E-state index in [1.807, 2.05) is 6.07 Å². The van der Waals surface area contributed by atoms with Crippen molar-refractivity contribution in [2.45, 2.75) is 33.1 Å². The number of likely N-dealkylation sites (tertiary alicyclic amines) is 1. The molecule has 3 heteroatoms. The third-order valence-electron chi connectivity index (χ3n) is 4.67. The smallest absolute Gasteiger partial charge is 0.0459 e. The van der Waals surface area contributed by atoms with E-state index in [4.69, 9.17) is 23.2 Å². The second kappa shape index (κ2) is 5.05. The largest absolute Gasteiger partial charge is 0.306 e. The number of piperidine rings is 1. The molecule has 0 amide bonds. The van der Waals surface area contributed by atoms with E-state index in [-0.39, 0.29) is 5.41 Å². The van der Waals surface area contributed by atoms with Crippen LogP contribution >= 0.6 is 23.2 Å². The van der Waals surface area contributed by atoms with Gasteiger partial charge >= 0.3 is 0 Å². The number of fused-ring (bicyclic) bond motifs is 1. The Hall–Kier alpha value is -0.500. The van der Waals surface area contributed by atoms with Crippen LogP contribution in [0.5, 0.6) is 0 Å². The molecule has 0 atom stereocenters. The Labute approximate surface area is 131 Å². The number of hydrogen-bond acceptors (Lipinski definition) is 1. The number of benzene rings is 1. The van der Waals surface area contributed by atoms with Crippen LogP contribution in [0.1, 0.15) is 37.8 Å². The maximum Gasteiger partial charge on any atom is 0.0459 e. The second-order valence-corrected chi connectivity index (χ2v) is 7.60. The summed E-state index contributed by atoms with van der Waals surface area (Å²) in [6, 6.07) is 3.98. The summed E-state index contributed by atoms with van der Waals surface area (Å²) in [5.41, 5.74) is 5.85. The average molecular weight is 310 g/mol. The van der Waals surface area contributed by atoms with Crippen LogP contribution in [0, 0.1) is 5.41 Å². The number of allylic oxidation sites excluding steroid dienone is 1. The lowest BCUT2D eigenvalue weighted by Crippen LogP contribution is -2.27. The van der Waals surface area contributed by atoms with Crippen molar-refractivity contribution in [3.8, 4) is 0 Å². The zero-order valence-electron chi connectivity index (χ0n) is 12.4. The molecule has 3 rings (SSSR count). The quantitative estimate of drug-likeness (QED) is 0.648. The van der Waals surface area contributed by atoms with Gasteiger partial charge in [0.2, 0.25) is 0 Å². The van der Waals surface area contributed by atoms with Crippen LogP contribution in [0.25, 0.3) is 5.57 Å². The molecule has 20 heavy (non-hydrogen) atoms. The lowest BCUT2D eigenvalue weighted by atomic mass is 9.80. The molecule has 1 aromatic rings. The Balaban J connectivity index is 2.14. The van der Waals surface area contributed by atoms with E-state index >= 15 is 0 Å². The number of rotatable bonds is 0. The highest BCUT2D eigenvalue weighted by atomic mass is 35.5. The number of nitrogens with zero attached hydrogens (tertiary/aromatic N) is 1. The summed E-state index contributed by atoms with van der Waals surface area (Å²) in [6.07, 6.45) is 3.35. The standard InChI is InChI=1S/C17H21Cl2N/c1-17(2)10-14-13(8-12(18)9-15(14)19)16(17)11-4-6-20(3)7-5-11/h8-9H,4-7,10H2,1-3H3. The zero-order valence-corrected chi connectivity index (χ0v) is 13.9. The lowest BCUT2D eigenvalue weighted by Gasteiger charge is -2.30. The molecule has 1 aliphatic carbocycles. The molecule has 0 unspecified atom stereocenters. The molecule has 0 N–H and O–H groups in total. The normalized spacial score (nSPS) is 22.2. The fourth-order valence-corrected chi connectivity index (χ4v) is 4.27. The fourth-order valence-electron chi connectivity index (χ4n) is 3.71. The van der Waals surface area contributed by atoms with Crippen LogP contribution in [0.3, 0.4) is 0 Å². The van der Waals surface area contributed by atoms with Crippen LogP contribution in [0.15, 0.2) is 17.7 Å². The Morgan fingerprint density at radius 3 is 2.40 bits per heavy atom. The Bertz CT molecular complexity index is 577. The third kappa shape index (κ3) is 2.41. The van der Waals surface area contributed by atoms with E-state index in [9.17, 15) is 0 Å². The third-order valence-corrected chi connectivity index (χ3v) is 5.22. The molecule has 0 saturated carbocycles. The summed E-state index contributed by atoms with van der Waals surface area (Å²) >= 11 is 12.6. The molecule has 0 spiro atoms. The first-order chi connectivity index (χ1) is 9.38. The van der Waals surface area contributed by atoms with E-state index in [0.29, 0.717) is 0 Å². The molecule has 1 heterocycles. The van der Waals surface area contributed by atoms with Crippen LogP contribution in [-0.4, -0.2) is 25.0 Å². The van der Waals surface area contributed by atoms with Crippen LogP contribution in [-0.2, 0) is 6.42 Å². The minimum Gasteiger partial charge on any atom is -0.306 e. The SMILES string of the molecule is CN1CCC(=C2c3cc(Cl)cc(Cl)c3CC2(C)C)CC1. The van der Waals surface area contributed by atoms with E-state index in [1.165, 1.54) is 29.5 Å².